The van der Waals surface area contributed by atoms with Crippen molar-refractivity contribution >= 4 is 31.7 Å². The Kier molecular flexibility index (Phi) is 7.33. The van der Waals surface area contributed by atoms with Gasteiger partial charge in [-0.15, -0.1) is 11.8 Å². The van der Waals surface area contributed by atoms with Crippen LogP contribution in [0.2, 0.25) is 0 Å². The summed E-state index contributed by atoms with van der Waals surface area (Å²) in [6.45, 7) is 0. The molecule has 0 bridgehead atoms. The van der Waals surface area contributed by atoms with Gasteiger partial charge < -0.3 is 4.55 Å². The zero-order valence-electron chi connectivity index (χ0n) is 11.7. The normalized spacial score (nSPS) is 13.5. The largest absolute Gasteiger partial charge is 1.00 e. The number of thioether (sulfide) groups is 1. The number of hydrogen-bond donors (Lipinski definition) is 0. The van der Waals surface area contributed by atoms with Gasteiger partial charge in [0.15, 0.2) is 10.1 Å². The minimum Gasteiger partial charge on any atom is -0.743 e. The predicted molar refractivity (Wildman–Crippen MR) is 64.9 cm³/mol. The van der Waals surface area contributed by atoms with Gasteiger partial charge in [-0.1, -0.05) is 0 Å². The van der Waals surface area contributed by atoms with E-state index in [9.17, 15) is 47.7 Å². The Bertz CT molecular complexity index is 816. The number of sulfone groups is 1. The van der Waals surface area contributed by atoms with Gasteiger partial charge in [-0.05, 0) is 18.4 Å². The van der Waals surface area contributed by atoms with E-state index in [1.165, 1.54) is 6.26 Å². The van der Waals surface area contributed by atoms with Crippen molar-refractivity contribution in [2.45, 2.75) is 20.3 Å². The summed E-state index contributed by atoms with van der Waals surface area (Å²) in [5.41, 5.74) is 0. The second-order valence-corrected chi connectivity index (χ2v) is 8.14. The van der Waals surface area contributed by atoms with E-state index in [0.717, 1.165) is 0 Å². The van der Waals surface area contributed by atoms with Crippen molar-refractivity contribution in [3.8, 4) is 0 Å². The quantitative estimate of drug-likeness (QED) is 0.265. The van der Waals surface area contributed by atoms with Crippen molar-refractivity contribution in [1.82, 2.24) is 0 Å². The SMILES string of the molecule is CSc1cc(F)c(S(=O)(=O)C(F)(F)C(F)(F)S(=O)(=O)[O-])c(F)c1.[Na+]. The van der Waals surface area contributed by atoms with E-state index in [-0.39, 0.29) is 46.6 Å². The van der Waals surface area contributed by atoms with E-state index >= 15 is 0 Å². The van der Waals surface area contributed by atoms with Crippen LogP contribution >= 0.6 is 11.8 Å². The van der Waals surface area contributed by atoms with Gasteiger partial charge in [0, 0.05) is 4.90 Å². The first kappa shape index (κ1) is 24.0. The number of benzene rings is 1. The van der Waals surface area contributed by atoms with Crippen molar-refractivity contribution < 1.29 is 77.3 Å². The molecule has 0 saturated carbocycles. The van der Waals surface area contributed by atoms with E-state index in [1.54, 1.807) is 0 Å². The minimum atomic E-state index is -7.15. The van der Waals surface area contributed by atoms with Crippen molar-refractivity contribution in [3.63, 3.8) is 0 Å². The Morgan fingerprint density at radius 1 is 0.958 bits per heavy atom. The molecule has 0 heterocycles. The smallest absolute Gasteiger partial charge is 0.743 e. The van der Waals surface area contributed by atoms with E-state index < -0.39 is 47.0 Å². The van der Waals surface area contributed by atoms with Crippen LogP contribution in [0.15, 0.2) is 21.9 Å². The standard InChI is InChI=1S/C9H6F6O5S3.Na/c1-21-4-2-5(10)7(6(11)3-4)22(16,17)8(12,13)9(14,15)23(18,19)20;/h2-3H,1H3,(H,18,19,20);/q;+1/p-1. The van der Waals surface area contributed by atoms with Gasteiger partial charge in [0.05, 0.1) is 0 Å². The third-order valence-electron chi connectivity index (χ3n) is 2.47. The van der Waals surface area contributed by atoms with Crippen LogP contribution < -0.4 is 29.6 Å². The average Bonchev–Trinajstić information content (AvgIpc) is 2.35. The number of rotatable bonds is 5. The van der Waals surface area contributed by atoms with Crippen LogP contribution in [0.5, 0.6) is 0 Å². The number of halogens is 6. The Morgan fingerprint density at radius 3 is 1.62 bits per heavy atom. The van der Waals surface area contributed by atoms with Crippen LogP contribution in [0.25, 0.3) is 0 Å². The van der Waals surface area contributed by atoms with Crippen LogP contribution in [0, 0.1) is 11.6 Å². The van der Waals surface area contributed by atoms with Crippen LogP contribution in [0.3, 0.4) is 0 Å². The van der Waals surface area contributed by atoms with E-state index in [0.29, 0.717) is 11.8 Å². The van der Waals surface area contributed by atoms with Crippen LogP contribution in [-0.2, 0) is 20.0 Å². The van der Waals surface area contributed by atoms with Gasteiger partial charge >= 0.3 is 40.1 Å². The number of hydrogen-bond acceptors (Lipinski definition) is 6. The molecule has 1 rings (SSSR count). The van der Waals surface area contributed by atoms with Gasteiger partial charge in [-0.25, -0.2) is 25.6 Å². The summed E-state index contributed by atoms with van der Waals surface area (Å²) in [5, 5.41) is -13.2. The molecule has 0 atom stereocenters. The van der Waals surface area contributed by atoms with Crippen molar-refractivity contribution in [1.29, 1.82) is 0 Å². The first-order valence-electron chi connectivity index (χ1n) is 5.10. The molecule has 0 spiro atoms. The molecular weight excluding hydrogens is 421 g/mol. The Hall–Kier alpha value is 0.01000. The van der Waals surface area contributed by atoms with Crippen molar-refractivity contribution in [3.05, 3.63) is 23.8 Å². The first-order valence-corrected chi connectivity index (χ1v) is 9.21. The Balaban J connectivity index is 0.00000529. The second-order valence-electron chi connectivity index (χ2n) is 3.91. The number of alkyl halides is 4. The average molecular weight is 426 g/mol. The van der Waals surface area contributed by atoms with Gasteiger partial charge in [0.2, 0.25) is 0 Å². The molecule has 5 nitrogen and oxygen atoms in total. The molecule has 0 N–H and O–H groups in total. The summed E-state index contributed by atoms with van der Waals surface area (Å²) >= 11 is 0.677. The molecule has 0 amide bonds. The van der Waals surface area contributed by atoms with Gasteiger partial charge in [-0.3, -0.25) is 0 Å². The molecule has 1 aromatic carbocycles. The molecule has 15 heteroatoms. The molecule has 0 radical (unpaired) electrons. The fourth-order valence-corrected chi connectivity index (χ4v) is 3.91. The molecule has 1 aromatic rings. The molecule has 0 aliphatic carbocycles. The third-order valence-corrected chi connectivity index (χ3v) is 6.05. The molecule has 0 unspecified atom stereocenters. The van der Waals surface area contributed by atoms with Gasteiger partial charge in [0.1, 0.15) is 16.5 Å². The first-order chi connectivity index (χ1) is 10.1. The molecule has 0 aliphatic heterocycles. The molecule has 0 aromatic heterocycles. The van der Waals surface area contributed by atoms with Crippen LogP contribution in [0.1, 0.15) is 0 Å². The molecular formula is C9H5F6NaO5S3. The Labute approximate surface area is 158 Å². The summed E-state index contributed by atoms with van der Waals surface area (Å²) < 4.78 is 134. The van der Waals surface area contributed by atoms with E-state index in [4.69, 9.17) is 0 Å². The maximum absolute atomic E-state index is 13.6. The third kappa shape index (κ3) is 3.73. The fourth-order valence-electron chi connectivity index (χ4n) is 1.34. The zero-order chi connectivity index (χ0) is 18.4. The van der Waals surface area contributed by atoms with Gasteiger partial charge in [0.25, 0.3) is 9.84 Å². The van der Waals surface area contributed by atoms with E-state index in [2.05, 4.69) is 0 Å². The van der Waals surface area contributed by atoms with Crippen LogP contribution in [0.4, 0.5) is 26.3 Å². The summed E-state index contributed by atoms with van der Waals surface area (Å²) in [6, 6.07) is 0.529. The maximum atomic E-state index is 13.6. The monoisotopic (exact) mass is 426 g/mol. The maximum Gasteiger partial charge on any atom is 1.00 e. The molecule has 24 heavy (non-hydrogen) atoms. The summed E-state index contributed by atoms with van der Waals surface area (Å²) in [5.74, 6) is -4.29. The Morgan fingerprint density at radius 2 is 1.33 bits per heavy atom. The zero-order valence-corrected chi connectivity index (χ0v) is 16.1. The molecule has 0 aliphatic rings. The minimum absolute atomic E-state index is 0. The molecule has 132 valence electrons. The predicted octanol–water partition coefficient (Wildman–Crippen LogP) is -0.805. The second kappa shape index (κ2) is 7.32. The van der Waals surface area contributed by atoms with Gasteiger partial charge in [-0.2, -0.15) is 17.6 Å². The topological polar surface area (TPSA) is 91.3 Å². The van der Waals surface area contributed by atoms with E-state index in [1.807, 2.05) is 0 Å². The summed E-state index contributed by atoms with van der Waals surface area (Å²) in [7, 11) is -14.0. The summed E-state index contributed by atoms with van der Waals surface area (Å²) in [6.07, 6.45) is 1.29. The summed E-state index contributed by atoms with van der Waals surface area (Å²) in [4.78, 5) is -2.73. The fraction of sp³-hybridized carbons (Fsp3) is 0.333. The molecule has 0 saturated heterocycles. The van der Waals surface area contributed by atoms with Crippen molar-refractivity contribution in [2.75, 3.05) is 6.26 Å². The van der Waals surface area contributed by atoms with Crippen LogP contribution in [-0.4, -0.2) is 38.2 Å². The van der Waals surface area contributed by atoms with Crippen molar-refractivity contribution in [2.24, 2.45) is 0 Å². The molecule has 0 fully saturated rings.